The van der Waals surface area contributed by atoms with Crippen LogP contribution in [0.5, 0.6) is 0 Å². The summed E-state index contributed by atoms with van der Waals surface area (Å²) in [7, 11) is 0. The van der Waals surface area contributed by atoms with Gasteiger partial charge in [0.05, 0.1) is 22.8 Å². The maximum atomic E-state index is 13.0. The lowest BCUT2D eigenvalue weighted by atomic mass is 10.2. The normalized spacial score (nSPS) is 15.1. The number of nitrogens with one attached hydrogen (secondary N) is 1. The van der Waals surface area contributed by atoms with Crippen molar-refractivity contribution in [2.75, 3.05) is 5.32 Å². The zero-order chi connectivity index (χ0) is 15.6. The fourth-order valence-electron chi connectivity index (χ4n) is 3.30. The van der Waals surface area contributed by atoms with E-state index in [1.54, 1.807) is 12.4 Å². The molecular formula is C18H18N4O. The molecule has 0 aliphatic heterocycles. The monoisotopic (exact) mass is 306 g/mol. The van der Waals surface area contributed by atoms with E-state index in [9.17, 15) is 4.79 Å². The van der Waals surface area contributed by atoms with E-state index in [1.165, 1.54) is 0 Å². The number of rotatable bonds is 3. The Kier molecular flexibility index (Phi) is 3.54. The van der Waals surface area contributed by atoms with Crippen molar-refractivity contribution in [3.8, 4) is 0 Å². The molecule has 0 amide bonds. The van der Waals surface area contributed by atoms with E-state index < -0.39 is 0 Å². The fourth-order valence-corrected chi connectivity index (χ4v) is 3.30. The Hall–Kier alpha value is -2.69. The molecule has 116 valence electrons. The van der Waals surface area contributed by atoms with Crippen LogP contribution >= 0.6 is 0 Å². The summed E-state index contributed by atoms with van der Waals surface area (Å²) in [6.45, 7) is 0. The van der Waals surface area contributed by atoms with Crippen LogP contribution in [0, 0.1) is 0 Å². The van der Waals surface area contributed by atoms with Crippen LogP contribution in [0.4, 0.5) is 11.6 Å². The highest BCUT2D eigenvalue weighted by Crippen LogP contribution is 2.31. The Morgan fingerprint density at radius 2 is 1.91 bits per heavy atom. The summed E-state index contributed by atoms with van der Waals surface area (Å²) in [6, 6.07) is 11.5. The number of pyridine rings is 1. The molecule has 2 aromatic heterocycles. The maximum Gasteiger partial charge on any atom is 0.263 e. The van der Waals surface area contributed by atoms with Gasteiger partial charge in [0.1, 0.15) is 0 Å². The molecule has 3 aromatic rings. The number of para-hydroxylation sites is 1. The standard InChI is InChI=1S/C18H18N4O/c23-17-15-9-3-4-10-16(15)21-18(20-13-6-5-11-19-12-13)22(17)14-7-1-2-8-14/h3-6,9-12,14H,1-2,7-8H2,(H,20,21). The van der Waals surface area contributed by atoms with Gasteiger partial charge in [-0.1, -0.05) is 25.0 Å². The molecule has 2 heterocycles. The lowest BCUT2D eigenvalue weighted by Crippen LogP contribution is -2.27. The third-order valence-electron chi connectivity index (χ3n) is 4.42. The van der Waals surface area contributed by atoms with Crippen molar-refractivity contribution in [3.63, 3.8) is 0 Å². The Balaban J connectivity index is 1.89. The number of hydrogen-bond donors (Lipinski definition) is 1. The average molecular weight is 306 g/mol. The van der Waals surface area contributed by atoms with E-state index in [1.807, 2.05) is 41.0 Å². The molecule has 1 aromatic carbocycles. The molecule has 0 atom stereocenters. The third-order valence-corrected chi connectivity index (χ3v) is 4.42. The first-order chi connectivity index (χ1) is 11.3. The van der Waals surface area contributed by atoms with Gasteiger partial charge < -0.3 is 5.32 Å². The first kappa shape index (κ1) is 13.9. The van der Waals surface area contributed by atoms with Gasteiger partial charge in [0.15, 0.2) is 0 Å². The number of hydrogen-bond acceptors (Lipinski definition) is 4. The third kappa shape index (κ3) is 2.59. The van der Waals surface area contributed by atoms with Gasteiger partial charge in [-0.25, -0.2) is 4.98 Å². The molecule has 0 unspecified atom stereocenters. The van der Waals surface area contributed by atoms with Crippen molar-refractivity contribution in [2.45, 2.75) is 31.7 Å². The second-order valence-corrected chi connectivity index (χ2v) is 5.93. The van der Waals surface area contributed by atoms with E-state index in [-0.39, 0.29) is 11.6 Å². The molecule has 0 bridgehead atoms. The van der Waals surface area contributed by atoms with Crippen LogP contribution in [0.2, 0.25) is 0 Å². The van der Waals surface area contributed by atoms with Crippen LogP contribution in [0.15, 0.2) is 53.6 Å². The molecule has 23 heavy (non-hydrogen) atoms. The van der Waals surface area contributed by atoms with E-state index in [4.69, 9.17) is 4.98 Å². The maximum absolute atomic E-state index is 13.0. The van der Waals surface area contributed by atoms with E-state index in [0.29, 0.717) is 11.3 Å². The van der Waals surface area contributed by atoms with Crippen molar-refractivity contribution >= 4 is 22.5 Å². The molecule has 0 radical (unpaired) electrons. The van der Waals surface area contributed by atoms with Gasteiger partial charge in [-0.2, -0.15) is 0 Å². The van der Waals surface area contributed by atoms with Gasteiger partial charge >= 0.3 is 0 Å². The summed E-state index contributed by atoms with van der Waals surface area (Å²) in [6.07, 6.45) is 7.85. The fraction of sp³-hybridized carbons (Fsp3) is 0.278. The number of fused-ring (bicyclic) bond motifs is 1. The molecule has 0 saturated heterocycles. The summed E-state index contributed by atoms with van der Waals surface area (Å²) in [4.78, 5) is 21.8. The van der Waals surface area contributed by atoms with Crippen LogP contribution in [-0.4, -0.2) is 14.5 Å². The van der Waals surface area contributed by atoms with Gasteiger partial charge in [-0.15, -0.1) is 0 Å². The lowest BCUT2D eigenvalue weighted by Gasteiger charge is -2.19. The van der Waals surface area contributed by atoms with Crippen molar-refractivity contribution in [1.29, 1.82) is 0 Å². The number of anilines is 2. The smallest absolute Gasteiger partial charge is 0.263 e. The highest BCUT2D eigenvalue weighted by Gasteiger charge is 2.22. The minimum atomic E-state index is 0.0360. The Labute approximate surface area is 134 Å². The molecule has 1 aliphatic carbocycles. The zero-order valence-electron chi connectivity index (χ0n) is 12.8. The number of aromatic nitrogens is 3. The zero-order valence-corrected chi connectivity index (χ0v) is 12.8. The molecule has 5 heteroatoms. The van der Waals surface area contributed by atoms with E-state index in [2.05, 4.69) is 10.3 Å². The van der Waals surface area contributed by atoms with Crippen LogP contribution in [0.3, 0.4) is 0 Å². The van der Waals surface area contributed by atoms with Crippen LogP contribution in [-0.2, 0) is 0 Å². The summed E-state index contributed by atoms with van der Waals surface area (Å²) in [5, 5.41) is 3.95. The lowest BCUT2D eigenvalue weighted by molar-refractivity contribution is 0.506. The van der Waals surface area contributed by atoms with Gasteiger partial charge in [-0.3, -0.25) is 14.3 Å². The Bertz CT molecular complexity index is 882. The van der Waals surface area contributed by atoms with E-state index in [0.717, 1.165) is 36.9 Å². The second kappa shape index (κ2) is 5.83. The second-order valence-electron chi connectivity index (χ2n) is 5.93. The highest BCUT2D eigenvalue weighted by atomic mass is 16.1. The highest BCUT2D eigenvalue weighted by molar-refractivity contribution is 5.79. The predicted octanol–water partition coefficient (Wildman–Crippen LogP) is 3.65. The van der Waals surface area contributed by atoms with Gasteiger partial charge in [0.2, 0.25) is 5.95 Å². The Morgan fingerprint density at radius 1 is 1.09 bits per heavy atom. The Morgan fingerprint density at radius 3 is 2.70 bits per heavy atom. The van der Waals surface area contributed by atoms with Crippen molar-refractivity contribution in [2.24, 2.45) is 0 Å². The first-order valence-electron chi connectivity index (χ1n) is 8.01. The van der Waals surface area contributed by atoms with Crippen LogP contribution in [0.1, 0.15) is 31.7 Å². The molecule has 1 aliphatic rings. The summed E-state index contributed by atoms with van der Waals surface area (Å²) in [5.41, 5.74) is 1.59. The van der Waals surface area contributed by atoms with Crippen molar-refractivity contribution in [3.05, 3.63) is 59.1 Å². The number of benzene rings is 1. The van der Waals surface area contributed by atoms with Crippen molar-refractivity contribution < 1.29 is 0 Å². The average Bonchev–Trinajstić information content (AvgIpc) is 3.10. The van der Waals surface area contributed by atoms with Gasteiger partial charge in [0, 0.05) is 12.2 Å². The molecule has 1 N–H and O–H groups in total. The molecule has 1 fully saturated rings. The topological polar surface area (TPSA) is 59.8 Å². The van der Waals surface area contributed by atoms with Gasteiger partial charge in [-0.05, 0) is 37.1 Å². The quantitative estimate of drug-likeness (QED) is 0.802. The number of nitrogens with zero attached hydrogens (tertiary/aromatic N) is 3. The first-order valence-corrected chi connectivity index (χ1v) is 8.01. The summed E-state index contributed by atoms with van der Waals surface area (Å²) >= 11 is 0. The van der Waals surface area contributed by atoms with Crippen LogP contribution < -0.4 is 10.9 Å². The van der Waals surface area contributed by atoms with Crippen LogP contribution in [0.25, 0.3) is 10.9 Å². The SMILES string of the molecule is O=c1c2ccccc2nc(Nc2cccnc2)n1C1CCCC1. The molecule has 0 spiro atoms. The van der Waals surface area contributed by atoms with Crippen molar-refractivity contribution in [1.82, 2.24) is 14.5 Å². The summed E-state index contributed by atoms with van der Waals surface area (Å²) in [5.74, 6) is 0.605. The van der Waals surface area contributed by atoms with Gasteiger partial charge in [0.25, 0.3) is 5.56 Å². The molecular weight excluding hydrogens is 288 g/mol. The molecule has 1 saturated carbocycles. The molecule has 4 rings (SSSR count). The minimum Gasteiger partial charge on any atom is -0.324 e. The largest absolute Gasteiger partial charge is 0.324 e. The predicted molar refractivity (Wildman–Crippen MR) is 91.0 cm³/mol. The van der Waals surface area contributed by atoms with E-state index >= 15 is 0 Å². The molecule has 5 nitrogen and oxygen atoms in total. The minimum absolute atomic E-state index is 0.0360. The summed E-state index contributed by atoms with van der Waals surface area (Å²) < 4.78 is 1.84.